The van der Waals surface area contributed by atoms with Crippen LogP contribution in [-0.4, -0.2) is 33.2 Å². The summed E-state index contributed by atoms with van der Waals surface area (Å²) < 4.78 is 0. The van der Waals surface area contributed by atoms with E-state index >= 15 is 0 Å². The van der Waals surface area contributed by atoms with Crippen molar-refractivity contribution in [2.24, 2.45) is 10.8 Å². The summed E-state index contributed by atoms with van der Waals surface area (Å²) in [5.74, 6) is -5.56. The Kier molecular flexibility index (Phi) is 3.47. The topological polar surface area (TPSA) is 112 Å². The second-order valence-electron chi connectivity index (χ2n) is 3.90. The second kappa shape index (κ2) is 3.88. The van der Waals surface area contributed by atoms with Crippen LogP contribution in [0.3, 0.4) is 0 Å². The van der Waals surface area contributed by atoms with Crippen molar-refractivity contribution in [2.75, 3.05) is 0 Å². The van der Waals surface area contributed by atoms with Gasteiger partial charge in [-0.3, -0.25) is 14.4 Å². The second-order valence-corrected chi connectivity index (χ2v) is 3.90. The molecule has 0 saturated heterocycles. The van der Waals surface area contributed by atoms with E-state index in [0.29, 0.717) is 0 Å². The maximum absolute atomic E-state index is 10.9. The first-order valence-electron chi connectivity index (χ1n) is 4.34. The first-order chi connectivity index (χ1) is 6.64. The Morgan fingerprint density at radius 2 is 1.20 bits per heavy atom. The molecule has 0 amide bonds. The lowest BCUT2D eigenvalue weighted by Gasteiger charge is -2.35. The standard InChI is InChI=1S/C9H14O6/c1-4-8(2,3)9(5(10)11,6(12)13)7(14)15/h4H2,1-3H3,(H,10,11)(H,12,13)(H,14,15). The minimum Gasteiger partial charge on any atom is -0.480 e. The smallest absolute Gasteiger partial charge is 0.333 e. The average Bonchev–Trinajstić information content (AvgIpc) is 2.02. The molecule has 86 valence electrons. The summed E-state index contributed by atoms with van der Waals surface area (Å²) >= 11 is 0. The molecule has 15 heavy (non-hydrogen) atoms. The SMILES string of the molecule is CCC(C)(C)C(C(=O)O)(C(=O)O)C(=O)O. The number of carboxylic acids is 3. The fourth-order valence-electron chi connectivity index (χ4n) is 1.41. The monoisotopic (exact) mass is 218 g/mol. The largest absolute Gasteiger partial charge is 0.480 e. The van der Waals surface area contributed by atoms with Crippen LogP contribution in [0.4, 0.5) is 0 Å². The summed E-state index contributed by atoms with van der Waals surface area (Å²) in [6.45, 7) is 4.16. The minimum absolute atomic E-state index is 0.123. The van der Waals surface area contributed by atoms with Crippen LogP contribution in [0.1, 0.15) is 27.2 Å². The fourth-order valence-corrected chi connectivity index (χ4v) is 1.41. The molecule has 0 saturated carbocycles. The Bertz CT molecular complexity index is 268. The van der Waals surface area contributed by atoms with Crippen LogP contribution in [-0.2, 0) is 14.4 Å². The third kappa shape index (κ3) is 1.67. The van der Waals surface area contributed by atoms with E-state index in [1.165, 1.54) is 13.8 Å². The van der Waals surface area contributed by atoms with Crippen LogP contribution >= 0.6 is 0 Å². The summed E-state index contributed by atoms with van der Waals surface area (Å²) in [6, 6.07) is 0. The number of carboxylic acid groups (broad SMARTS) is 3. The first kappa shape index (κ1) is 13.4. The Labute approximate surface area is 86.5 Å². The van der Waals surface area contributed by atoms with E-state index < -0.39 is 28.7 Å². The Morgan fingerprint density at radius 1 is 0.933 bits per heavy atom. The molecule has 0 radical (unpaired) electrons. The Morgan fingerprint density at radius 3 is 1.27 bits per heavy atom. The number of aliphatic carboxylic acids is 3. The lowest BCUT2D eigenvalue weighted by molar-refractivity contribution is -0.185. The first-order valence-corrected chi connectivity index (χ1v) is 4.34. The number of hydrogen-bond donors (Lipinski definition) is 3. The van der Waals surface area contributed by atoms with Crippen LogP contribution in [0.5, 0.6) is 0 Å². The molecule has 0 fully saturated rings. The van der Waals surface area contributed by atoms with Gasteiger partial charge < -0.3 is 15.3 Å². The molecular weight excluding hydrogens is 204 g/mol. The number of hydrogen-bond acceptors (Lipinski definition) is 3. The Hall–Kier alpha value is -1.59. The highest BCUT2D eigenvalue weighted by Gasteiger charge is 2.63. The van der Waals surface area contributed by atoms with Crippen molar-refractivity contribution in [1.82, 2.24) is 0 Å². The highest BCUT2D eigenvalue weighted by atomic mass is 16.4. The molecule has 0 aliphatic carbocycles. The van der Waals surface area contributed by atoms with E-state index in [0.717, 1.165) is 0 Å². The highest BCUT2D eigenvalue weighted by Crippen LogP contribution is 2.42. The average molecular weight is 218 g/mol. The minimum atomic E-state index is -2.80. The van der Waals surface area contributed by atoms with Gasteiger partial charge in [-0.25, -0.2) is 0 Å². The van der Waals surface area contributed by atoms with Crippen molar-refractivity contribution in [3.05, 3.63) is 0 Å². The summed E-state index contributed by atoms with van der Waals surface area (Å²) in [7, 11) is 0. The quantitative estimate of drug-likeness (QED) is 0.584. The van der Waals surface area contributed by atoms with Gasteiger partial charge in [0.15, 0.2) is 0 Å². The molecule has 6 nitrogen and oxygen atoms in total. The van der Waals surface area contributed by atoms with Crippen molar-refractivity contribution in [2.45, 2.75) is 27.2 Å². The molecule has 0 spiro atoms. The number of carbonyl (C=O) groups is 3. The predicted octanol–water partition coefficient (Wildman–Crippen LogP) is 0.663. The van der Waals surface area contributed by atoms with E-state index in [9.17, 15) is 14.4 Å². The zero-order valence-electron chi connectivity index (χ0n) is 8.77. The molecule has 0 aromatic heterocycles. The van der Waals surface area contributed by atoms with Crippen LogP contribution < -0.4 is 0 Å². The maximum Gasteiger partial charge on any atom is 0.333 e. The van der Waals surface area contributed by atoms with E-state index in [1.807, 2.05) is 0 Å². The normalized spacial score (nSPS) is 12.2. The van der Waals surface area contributed by atoms with Gasteiger partial charge in [-0.2, -0.15) is 0 Å². The van der Waals surface area contributed by atoms with Gasteiger partial charge in [-0.1, -0.05) is 20.8 Å². The molecule has 0 atom stereocenters. The fraction of sp³-hybridized carbons (Fsp3) is 0.667. The van der Waals surface area contributed by atoms with E-state index in [2.05, 4.69) is 0 Å². The van der Waals surface area contributed by atoms with Gasteiger partial charge in [0.1, 0.15) is 0 Å². The predicted molar refractivity (Wildman–Crippen MR) is 49.4 cm³/mol. The van der Waals surface area contributed by atoms with Crippen molar-refractivity contribution < 1.29 is 29.7 Å². The molecule has 0 bridgehead atoms. The maximum atomic E-state index is 10.9. The van der Waals surface area contributed by atoms with Crippen molar-refractivity contribution in [1.29, 1.82) is 0 Å². The molecular formula is C9H14O6. The molecule has 0 rings (SSSR count). The summed E-state index contributed by atoms with van der Waals surface area (Å²) in [5, 5.41) is 26.6. The van der Waals surface area contributed by atoms with Crippen LogP contribution in [0.15, 0.2) is 0 Å². The van der Waals surface area contributed by atoms with Gasteiger partial charge in [-0.05, 0) is 6.42 Å². The molecule has 0 aliphatic rings. The van der Waals surface area contributed by atoms with Gasteiger partial charge >= 0.3 is 17.9 Å². The molecule has 0 aliphatic heterocycles. The van der Waals surface area contributed by atoms with Gasteiger partial charge in [0.2, 0.25) is 0 Å². The summed E-state index contributed by atoms with van der Waals surface area (Å²) in [4.78, 5) is 32.8. The summed E-state index contributed by atoms with van der Waals surface area (Å²) in [5.41, 5.74) is -4.18. The Balaban J connectivity index is 5.87. The molecule has 3 N–H and O–H groups in total. The zero-order chi connectivity index (χ0) is 12.4. The van der Waals surface area contributed by atoms with E-state index in [1.54, 1.807) is 6.92 Å². The van der Waals surface area contributed by atoms with Gasteiger partial charge in [0.05, 0.1) is 0 Å². The van der Waals surface area contributed by atoms with Crippen molar-refractivity contribution >= 4 is 17.9 Å². The molecule has 0 heterocycles. The van der Waals surface area contributed by atoms with Crippen molar-refractivity contribution in [3.8, 4) is 0 Å². The highest BCUT2D eigenvalue weighted by molar-refractivity contribution is 6.17. The molecule has 0 aromatic carbocycles. The van der Waals surface area contributed by atoms with E-state index in [-0.39, 0.29) is 6.42 Å². The van der Waals surface area contributed by atoms with Gasteiger partial charge in [0.25, 0.3) is 5.41 Å². The van der Waals surface area contributed by atoms with Gasteiger partial charge in [0, 0.05) is 5.41 Å². The summed E-state index contributed by atoms with van der Waals surface area (Å²) in [6.07, 6.45) is 0.123. The van der Waals surface area contributed by atoms with Gasteiger partial charge in [-0.15, -0.1) is 0 Å². The van der Waals surface area contributed by atoms with Crippen LogP contribution in [0.2, 0.25) is 0 Å². The lowest BCUT2D eigenvalue weighted by atomic mass is 9.64. The van der Waals surface area contributed by atoms with E-state index in [4.69, 9.17) is 15.3 Å². The molecule has 0 aromatic rings. The number of rotatable bonds is 5. The zero-order valence-corrected chi connectivity index (χ0v) is 8.77. The molecule has 6 heteroatoms. The third-order valence-corrected chi connectivity index (χ3v) is 2.86. The molecule has 0 unspecified atom stereocenters. The van der Waals surface area contributed by atoms with Crippen LogP contribution in [0, 0.1) is 10.8 Å². The third-order valence-electron chi connectivity index (χ3n) is 2.86. The van der Waals surface area contributed by atoms with Crippen molar-refractivity contribution in [3.63, 3.8) is 0 Å². The van der Waals surface area contributed by atoms with Crippen LogP contribution in [0.25, 0.3) is 0 Å². The lowest BCUT2D eigenvalue weighted by Crippen LogP contribution is -2.56.